The molecule has 1 atom stereocenters. The molecule has 0 aliphatic carbocycles. The van der Waals surface area contributed by atoms with Crippen molar-refractivity contribution in [1.29, 1.82) is 0 Å². The molecule has 0 radical (unpaired) electrons. The third kappa shape index (κ3) is 3.39. The number of carbonyl (C=O) groups is 1. The van der Waals surface area contributed by atoms with Gasteiger partial charge >= 0.3 is 0 Å². The van der Waals surface area contributed by atoms with Crippen LogP contribution >= 0.6 is 11.6 Å². The van der Waals surface area contributed by atoms with E-state index in [0.29, 0.717) is 23.7 Å². The number of benzene rings is 1. The zero-order chi connectivity index (χ0) is 17.9. The van der Waals surface area contributed by atoms with Gasteiger partial charge in [0.2, 0.25) is 0 Å². The van der Waals surface area contributed by atoms with Crippen molar-refractivity contribution in [2.45, 2.75) is 12.5 Å². The molecule has 2 aromatic heterocycles. The second kappa shape index (κ2) is 7.14. The second-order valence-electron chi connectivity index (χ2n) is 6.07. The van der Waals surface area contributed by atoms with Crippen molar-refractivity contribution >= 4 is 17.5 Å². The molecule has 0 saturated carbocycles. The minimum atomic E-state index is -0.187. The van der Waals surface area contributed by atoms with Crippen molar-refractivity contribution in [1.82, 2.24) is 15.3 Å². The van der Waals surface area contributed by atoms with Crippen LogP contribution in [0.3, 0.4) is 0 Å². The highest BCUT2D eigenvalue weighted by molar-refractivity contribution is 6.29. The molecule has 26 heavy (non-hydrogen) atoms. The van der Waals surface area contributed by atoms with E-state index in [1.54, 1.807) is 24.5 Å². The molecular formula is C20H16ClN3O2. The van der Waals surface area contributed by atoms with Crippen LogP contribution in [0.15, 0.2) is 61.1 Å². The molecule has 5 nitrogen and oxygen atoms in total. The van der Waals surface area contributed by atoms with Gasteiger partial charge in [0.15, 0.2) is 0 Å². The third-order valence-corrected chi connectivity index (χ3v) is 4.56. The molecule has 0 saturated heterocycles. The summed E-state index contributed by atoms with van der Waals surface area (Å²) in [5.74, 6) is 0.672. The van der Waals surface area contributed by atoms with Crippen LogP contribution in [0.5, 0.6) is 5.75 Å². The number of ether oxygens (including phenoxy) is 1. The quantitative estimate of drug-likeness (QED) is 0.721. The van der Waals surface area contributed by atoms with Gasteiger partial charge in [-0.05, 0) is 41.5 Å². The smallest absolute Gasteiger partial charge is 0.253 e. The summed E-state index contributed by atoms with van der Waals surface area (Å²) in [6.45, 7) is 0.430. The van der Waals surface area contributed by atoms with E-state index in [9.17, 15) is 4.79 Å². The lowest BCUT2D eigenvalue weighted by molar-refractivity contribution is 0.0915. The molecule has 6 heteroatoms. The van der Waals surface area contributed by atoms with Gasteiger partial charge in [-0.25, -0.2) is 4.98 Å². The zero-order valence-electron chi connectivity index (χ0n) is 13.9. The van der Waals surface area contributed by atoms with Crippen molar-refractivity contribution < 1.29 is 9.53 Å². The summed E-state index contributed by atoms with van der Waals surface area (Å²) in [4.78, 5) is 20.5. The fourth-order valence-corrected chi connectivity index (χ4v) is 3.19. The van der Waals surface area contributed by atoms with Gasteiger partial charge in [-0.3, -0.25) is 9.78 Å². The highest BCUT2D eigenvalue weighted by Crippen LogP contribution is 2.34. The number of halogens is 1. The zero-order valence-corrected chi connectivity index (χ0v) is 14.6. The van der Waals surface area contributed by atoms with Crippen molar-refractivity contribution in [2.24, 2.45) is 0 Å². The number of hydrogen-bond acceptors (Lipinski definition) is 4. The summed E-state index contributed by atoms with van der Waals surface area (Å²) in [7, 11) is 0. The molecule has 1 aliphatic rings. The maximum absolute atomic E-state index is 12.4. The maximum atomic E-state index is 12.4. The van der Waals surface area contributed by atoms with E-state index < -0.39 is 0 Å². The highest BCUT2D eigenvalue weighted by atomic mass is 35.5. The van der Waals surface area contributed by atoms with E-state index >= 15 is 0 Å². The van der Waals surface area contributed by atoms with Crippen LogP contribution in [0.4, 0.5) is 0 Å². The van der Waals surface area contributed by atoms with Crippen molar-refractivity contribution in [2.75, 3.05) is 6.61 Å². The number of carbonyl (C=O) groups excluding carboxylic acids is 1. The van der Waals surface area contributed by atoms with Crippen LogP contribution in [0.25, 0.3) is 11.1 Å². The van der Waals surface area contributed by atoms with Gasteiger partial charge in [0.1, 0.15) is 17.5 Å². The standard InChI is InChI=1S/C20H16ClN3O2/c21-19-5-4-14(11-23-19)20(25)24-15-10-17-16(13-6-8-22-9-7-13)2-1-3-18(17)26-12-15/h1-9,11,15H,10,12H2,(H,24,25)/t15-/m0/s1. The van der Waals surface area contributed by atoms with Gasteiger partial charge in [-0.15, -0.1) is 0 Å². The Kier molecular flexibility index (Phi) is 4.54. The van der Waals surface area contributed by atoms with Crippen molar-refractivity contribution in [3.8, 4) is 16.9 Å². The first kappa shape index (κ1) is 16.5. The van der Waals surface area contributed by atoms with Crippen LogP contribution < -0.4 is 10.1 Å². The summed E-state index contributed by atoms with van der Waals surface area (Å²) in [6.07, 6.45) is 5.70. The van der Waals surface area contributed by atoms with Gasteiger partial charge in [0.05, 0.1) is 11.6 Å². The lowest BCUT2D eigenvalue weighted by Crippen LogP contribution is -2.42. The van der Waals surface area contributed by atoms with Gasteiger partial charge in [-0.1, -0.05) is 23.7 Å². The Morgan fingerprint density at radius 3 is 2.77 bits per heavy atom. The molecular weight excluding hydrogens is 350 g/mol. The number of nitrogens with one attached hydrogen (secondary N) is 1. The minimum absolute atomic E-state index is 0.117. The fourth-order valence-electron chi connectivity index (χ4n) is 3.08. The molecule has 1 N–H and O–H groups in total. The maximum Gasteiger partial charge on any atom is 0.253 e. The van der Waals surface area contributed by atoms with E-state index in [-0.39, 0.29) is 11.9 Å². The molecule has 4 rings (SSSR count). The lowest BCUT2D eigenvalue weighted by atomic mass is 9.93. The Morgan fingerprint density at radius 2 is 2.00 bits per heavy atom. The summed E-state index contributed by atoms with van der Waals surface area (Å²) in [5.41, 5.74) is 3.73. The lowest BCUT2D eigenvalue weighted by Gasteiger charge is -2.28. The van der Waals surface area contributed by atoms with E-state index in [1.807, 2.05) is 24.3 Å². The molecule has 0 spiro atoms. The monoisotopic (exact) mass is 365 g/mol. The molecule has 3 aromatic rings. The first-order valence-corrected chi connectivity index (χ1v) is 8.66. The van der Waals surface area contributed by atoms with Crippen LogP contribution in [-0.2, 0) is 6.42 Å². The van der Waals surface area contributed by atoms with Crippen LogP contribution in [-0.4, -0.2) is 28.5 Å². The van der Waals surface area contributed by atoms with E-state index in [2.05, 4.69) is 21.4 Å². The third-order valence-electron chi connectivity index (χ3n) is 4.34. The summed E-state index contributed by atoms with van der Waals surface area (Å²) in [5, 5.41) is 3.37. The van der Waals surface area contributed by atoms with Gasteiger partial charge in [-0.2, -0.15) is 0 Å². The Hall–Kier alpha value is -2.92. The number of pyridine rings is 2. The molecule has 0 bridgehead atoms. The number of hydrogen-bond donors (Lipinski definition) is 1. The van der Waals surface area contributed by atoms with Crippen molar-refractivity contribution in [3.63, 3.8) is 0 Å². The Bertz CT molecular complexity index is 930. The van der Waals surface area contributed by atoms with E-state index in [4.69, 9.17) is 16.3 Å². The number of nitrogens with zero attached hydrogens (tertiary/aromatic N) is 2. The first-order chi connectivity index (χ1) is 12.7. The summed E-state index contributed by atoms with van der Waals surface area (Å²) < 4.78 is 5.89. The van der Waals surface area contributed by atoms with Crippen LogP contribution in [0, 0.1) is 0 Å². The number of amides is 1. The Labute approximate surface area is 156 Å². The van der Waals surface area contributed by atoms with Crippen molar-refractivity contribution in [3.05, 3.63) is 77.3 Å². The normalized spacial score (nSPS) is 15.7. The minimum Gasteiger partial charge on any atom is -0.491 e. The predicted molar refractivity (Wildman–Crippen MR) is 99.4 cm³/mol. The van der Waals surface area contributed by atoms with Crippen LogP contribution in [0.1, 0.15) is 15.9 Å². The molecule has 0 fully saturated rings. The average molecular weight is 366 g/mol. The van der Waals surface area contributed by atoms with E-state index in [0.717, 1.165) is 22.4 Å². The average Bonchev–Trinajstić information content (AvgIpc) is 2.68. The number of rotatable bonds is 3. The molecule has 1 amide bonds. The Morgan fingerprint density at radius 1 is 1.15 bits per heavy atom. The molecule has 1 aliphatic heterocycles. The summed E-state index contributed by atoms with van der Waals surface area (Å²) >= 11 is 5.77. The van der Waals surface area contributed by atoms with Gasteiger partial charge < -0.3 is 10.1 Å². The highest BCUT2D eigenvalue weighted by Gasteiger charge is 2.24. The molecule has 0 unspecified atom stereocenters. The molecule has 1 aromatic carbocycles. The SMILES string of the molecule is O=C(N[C@@H]1COc2cccc(-c3ccncc3)c2C1)c1ccc(Cl)nc1. The van der Waals surface area contributed by atoms with E-state index in [1.165, 1.54) is 6.20 Å². The second-order valence-corrected chi connectivity index (χ2v) is 6.46. The van der Waals surface area contributed by atoms with Crippen LogP contribution in [0.2, 0.25) is 5.15 Å². The predicted octanol–water partition coefficient (Wildman–Crippen LogP) is 3.53. The Balaban J connectivity index is 1.56. The molecule has 130 valence electrons. The molecule has 3 heterocycles. The largest absolute Gasteiger partial charge is 0.491 e. The first-order valence-electron chi connectivity index (χ1n) is 8.28. The van der Waals surface area contributed by atoms with Gasteiger partial charge in [0, 0.05) is 30.6 Å². The summed E-state index contributed by atoms with van der Waals surface area (Å²) in [6, 6.07) is 13.1. The fraction of sp³-hybridized carbons (Fsp3) is 0.150. The van der Waals surface area contributed by atoms with Gasteiger partial charge in [0.25, 0.3) is 5.91 Å². The topological polar surface area (TPSA) is 64.1 Å². The number of aromatic nitrogens is 2. The number of fused-ring (bicyclic) bond motifs is 1.